The molecule has 0 aromatic rings. The Morgan fingerprint density at radius 3 is 2.67 bits per heavy atom. The quantitative estimate of drug-likeness (QED) is 0.546. The van der Waals surface area contributed by atoms with Crippen LogP contribution in [0.5, 0.6) is 0 Å². The minimum absolute atomic E-state index is 0.717. The topological polar surface area (TPSA) is 38.4 Å². The van der Waals surface area contributed by atoms with Crippen molar-refractivity contribution in [3.8, 4) is 0 Å². The lowest BCUT2D eigenvalue weighted by Crippen LogP contribution is -1.96. The van der Waals surface area contributed by atoms with Crippen molar-refractivity contribution in [2.75, 3.05) is 7.05 Å². The van der Waals surface area contributed by atoms with Gasteiger partial charge in [0.15, 0.2) is 0 Å². The van der Waals surface area contributed by atoms with Crippen LogP contribution in [-0.4, -0.2) is 12.8 Å². The second kappa shape index (κ2) is 2.67. The monoisotopic (exact) mass is 124 g/mol. The van der Waals surface area contributed by atoms with Crippen LogP contribution in [0.4, 0.5) is 0 Å². The second-order valence-corrected chi connectivity index (χ2v) is 2.28. The third-order valence-corrected chi connectivity index (χ3v) is 1.52. The van der Waals surface area contributed by atoms with E-state index in [1.807, 2.05) is 13.1 Å². The largest absolute Gasteiger partial charge is 0.405 e. The van der Waals surface area contributed by atoms with Gasteiger partial charge in [-0.1, -0.05) is 0 Å². The number of nitrogens with zero attached hydrogens (tertiary/aromatic N) is 1. The van der Waals surface area contributed by atoms with Crippen molar-refractivity contribution >= 4 is 5.71 Å². The molecular formula is C7H12N2. The van der Waals surface area contributed by atoms with Crippen LogP contribution in [0.3, 0.4) is 0 Å². The highest BCUT2D eigenvalue weighted by Crippen LogP contribution is 2.30. The summed E-state index contributed by atoms with van der Waals surface area (Å²) in [5.74, 6) is 0.717. The molecule has 9 heavy (non-hydrogen) atoms. The van der Waals surface area contributed by atoms with Crippen LogP contribution in [0.1, 0.15) is 12.8 Å². The highest BCUT2D eigenvalue weighted by molar-refractivity contribution is 5.98. The average molecular weight is 124 g/mol. The van der Waals surface area contributed by atoms with Crippen molar-refractivity contribution in [2.45, 2.75) is 12.8 Å². The lowest BCUT2D eigenvalue weighted by molar-refractivity contribution is 1.18. The molecule has 0 saturated heterocycles. The fourth-order valence-electron chi connectivity index (χ4n) is 0.871. The van der Waals surface area contributed by atoms with Gasteiger partial charge in [0, 0.05) is 18.7 Å². The first-order valence-corrected chi connectivity index (χ1v) is 3.23. The summed E-state index contributed by atoms with van der Waals surface area (Å²) in [5.41, 5.74) is 6.36. The number of aliphatic imine (C=N–C) groups is 1. The normalized spacial score (nSPS) is 21.2. The molecule has 1 rings (SSSR count). The lowest BCUT2D eigenvalue weighted by Gasteiger charge is -1.91. The molecule has 0 aromatic carbocycles. The Hall–Kier alpha value is -0.790. The third-order valence-electron chi connectivity index (χ3n) is 1.52. The summed E-state index contributed by atoms with van der Waals surface area (Å²) in [5, 5.41) is 0. The fraction of sp³-hybridized carbons (Fsp3) is 0.571. The van der Waals surface area contributed by atoms with Gasteiger partial charge in [-0.2, -0.15) is 0 Å². The molecule has 50 valence electrons. The van der Waals surface area contributed by atoms with Gasteiger partial charge in [-0.25, -0.2) is 0 Å². The molecule has 0 radical (unpaired) electrons. The van der Waals surface area contributed by atoms with Crippen LogP contribution in [0.15, 0.2) is 17.3 Å². The molecular weight excluding hydrogens is 112 g/mol. The van der Waals surface area contributed by atoms with E-state index in [1.165, 1.54) is 12.8 Å². The van der Waals surface area contributed by atoms with Crippen LogP contribution < -0.4 is 5.73 Å². The molecule has 1 aliphatic rings. The summed E-state index contributed by atoms with van der Waals surface area (Å²) in [6.07, 6.45) is 6.02. The SMILES string of the molecule is C/N=C(\C=C\N)C1CC1. The summed E-state index contributed by atoms with van der Waals surface area (Å²) in [6.45, 7) is 0. The van der Waals surface area contributed by atoms with E-state index in [2.05, 4.69) is 4.99 Å². The van der Waals surface area contributed by atoms with Gasteiger partial charge in [-0.15, -0.1) is 0 Å². The molecule has 2 nitrogen and oxygen atoms in total. The number of hydrogen-bond donors (Lipinski definition) is 1. The molecule has 0 unspecified atom stereocenters. The highest BCUT2D eigenvalue weighted by Gasteiger charge is 2.24. The Bertz CT molecular complexity index is 143. The van der Waals surface area contributed by atoms with E-state index in [9.17, 15) is 0 Å². The zero-order valence-electron chi connectivity index (χ0n) is 5.67. The van der Waals surface area contributed by atoms with Crippen LogP contribution in [-0.2, 0) is 0 Å². The second-order valence-electron chi connectivity index (χ2n) is 2.28. The molecule has 2 heteroatoms. The van der Waals surface area contributed by atoms with Crippen LogP contribution in [0, 0.1) is 5.92 Å². The Morgan fingerprint density at radius 1 is 1.67 bits per heavy atom. The van der Waals surface area contributed by atoms with Crippen molar-refractivity contribution in [3.63, 3.8) is 0 Å². The van der Waals surface area contributed by atoms with Crippen LogP contribution in [0.25, 0.3) is 0 Å². The maximum Gasteiger partial charge on any atom is 0.0390 e. The van der Waals surface area contributed by atoms with E-state index in [4.69, 9.17) is 5.73 Å². The molecule has 0 aliphatic heterocycles. The maximum atomic E-state index is 5.21. The van der Waals surface area contributed by atoms with Crippen LogP contribution >= 0.6 is 0 Å². The van der Waals surface area contributed by atoms with E-state index in [0.29, 0.717) is 0 Å². The Labute approximate surface area is 55.5 Å². The number of rotatable bonds is 2. The molecule has 0 atom stereocenters. The van der Waals surface area contributed by atoms with Crippen molar-refractivity contribution in [2.24, 2.45) is 16.6 Å². The molecule has 0 amide bonds. The molecule has 1 aliphatic carbocycles. The Balaban J connectivity index is 2.48. The highest BCUT2D eigenvalue weighted by atomic mass is 14.7. The Morgan fingerprint density at radius 2 is 2.33 bits per heavy atom. The van der Waals surface area contributed by atoms with E-state index >= 15 is 0 Å². The molecule has 1 saturated carbocycles. The predicted molar refractivity (Wildman–Crippen MR) is 39.4 cm³/mol. The van der Waals surface area contributed by atoms with Crippen molar-refractivity contribution in [1.82, 2.24) is 0 Å². The standard InChI is InChI=1S/C7H12N2/c1-9-7(4-5-8)6-2-3-6/h4-6H,2-3,8H2,1H3/b5-4+,9-7+. The van der Waals surface area contributed by atoms with Gasteiger partial charge >= 0.3 is 0 Å². The summed E-state index contributed by atoms with van der Waals surface area (Å²) < 4.78 is 0. The zero-order valence-corrected chi connectivity index (χ0v) is 5.67. The number of allylic oxidation sites excluding steroid dienone is 1. The minimum Gasteiger partial charge on any atom is -0.405 e. The number of hydrogen-bond acceptors (Lipinski definition) is 2. The van der Waals surface area contributed by atoms with Gasteiger partial charge in [0.05, 0.1) is 0 Å². The first-order chi connectivity index (χ1) is 4.38. The molecule has 0 bridgehead atoms. The van der Waals surface area contributed by atoms with Crippen molar-refractivity contribution in [3.05, 3.63) is 12.3 Å². The third kappa shape index (κ3) is 1.56. The van der Waals surface area contributed by atoms with Gasteiger partial charge in [-0.05, 0) is 25.1 Å². The van der Waals surface area contributed by atoms with Gasteiger partial charge in [0.2, 0.25) is 0 Å². The van der Waals surface area contributed by atoms with Gasteiger partial charge in [0.25, 0.3) is 0 Å². The van der Waals surface area contributed by atoms with Crippen molar-refractivity contribution in [1.29, 1.82) is 0 Å². The molecule has 1 fully saturated rings. The van der Waals surface area contributed by atoms with E-state index in [0.717, 1.165) is 11.6 Å². The first kappa shape index (κ1) is 6.33. The van der Waals surface area contributed by atoms with Gasteiger partial charge < -0.3 is 5.73 Å². The lowest BCUT2D eigenvalue weighted by atomic mass is 10.2. The molecule has 2 N–H and O–H groups in total. The summed E-state index contributed by atoms with van der Waals surface area (Å²) in [6, 6.07) is 0. The van der Waals surface area contributed by atoms with E-state index in [-0.39, 0.29) is 0 Å². The average Bonchev–Trinajstić information content (AvgIpc) is 2.64. The van der Waals surface area contributed by atoms with Crippen LogP contribution in [0.2, 0.25) is 0 Å². The summed E-state index contributed by atoms with van der Waals surface area (Å²) in [7, 11) is 1.81. The zero-order chi connectivity index (χ0) is 6.69. The molecule has 0 aromatic heterocycles. The summed E-state index contributed by atoms with van der Waals surface area (Å²) >= 11 is 0. The fourth-order valence-corrected chi connectivity index (χ4v) is 0.871. The van der Waals surface area contributed by atoms with Gasteiger partial charge in [-0.3, -0.25) is 4.99 Å². The van der Waals surface area contributed by atoms with E-state index in [1.54, 1.807) is 6.20 Å². The molecule has 0 spiro atoms. The van der Waals surface area contributed by atoms with Gasteiger partial charge in [0.1, 0.15) is 0 Å². The minimum atomic E-state index is 0.717. The van der Waals surface area contributed by atoms with E-state index < -0.39 is 0 Å². The smallest absolute Gasteiger partial charge is 0.0390 e. The maximum absolute atomic E-state index is 5.21. The first-order valence-electron chi connectivity index (χ1n) is 3.23. The predicted octanol–water partition coefficient (Wildman–Crippen LogP) is 0.940. The van der Waals surface area contributed by atoms with Crippen molar-refractivity contribution < 1.29 is 0 Å². The molecule has 0 heterocycles. The number of nitrogens with two attached hydrogens (primary N) is 1. The summed E-state index contributed by atoms with van der Waals surface area (Å²) in [4.78, 5) is 4.09. The Kier molecular flexibility index (Phi) is 1.88.